The molecule has 0 saturated heterocycles. The first-order chi connectivity index (χ1) is 13.0. The minimum atomic E-state index is -0.894. The second kappa shape index (κ2) is 6.81. The number of anilines is 1. The number of benzene rings is 3. The molecule has 0 radical (unpaired) electrons. The predicted octanol–water partition coefficient (Wildman–Crippen LogP) is 4.24. The number of carbonyl (C=O) groups excluding carboxylic acids is 1. The second-order valence-electron chi connectivity index (χ2n) is 6.44. The number of nitrogens with two attached hydrogens (primary N) is 1. The summed E-state index contributed by atoms with van der Waals surface area (Å²) < 4.78 is 26.9. The maximum atomic E-state index is 13.5. The van der Waals surface area contributed by atoms with Crippen LogP contribution in [-0.4, -0.2) is 10.9 Å². The third kappa shape index (κ3) is 3.39. The molecule has 0 aliphatic rings. The van der Waals surface area contributed by atoms with Crippen molar-refractivity contribution < 1.29 is 13.6 Å². The van der Waals surface area contributed by atoms with Crippen molar-refractivity contribution in [3.8, 4) is 0 Å². The Morgan fingerprint density at radius 3 is 2.30 bits per heavy atom. The maximum Gasteiger partial charge on any atom is 0.228 e. The van der Waals surface area contributed by atoms with E-state index in [1.54, 1.807) is 0 Å². The van der Waals surface area contributed by atoms with Gasteiger partial charge in [-0.2, -0.15) is 0 Å². The largest absolute Gasteiger partial charge is 0.354 e. The summed E-state index contributed by atoms with van der Waals surface area (Å²) in [5.41, 5.74) is 9.30. The quantitative estimate of drug-likeness (QED) is 0.506. The van der Waals surface area contributed by atoms with Crippen molar-refractivity contribution in [2.45, 2.75) is 13.0 Å². The Hall–Kier alpha value is -3.25. The number of carbonyl (C=O) groups is 1. The number of aromatic nitrogens is 1. The Labute approximate surface area is 154 Å². The molecule has 0 spiro atoms. The van der Waals surface area contributed by atoms with Crippen molar-refractivity contribution in [3.63, 3.8) is 0 Å². The van der Waals surface area contributed by atoms with Crippen molar-refractivity contribution in [2.24, 2.45) is 5.73 Å². The van der Waals surface area contributed by atoms with Gasteiger partial charge in [-0.1, -0.05) is 24.3 Å². The van der Waals surface area contributed by atoms with Crippen molar-refractivity contribution in [3.05, 3.63) is 77.4 Å². The fourth-order valence-electron chi connectivity index (χ4n) is 3.17. The van der Waals surface area contributed by atoms with Gasteiger partial charge in [0.15, 0.2) is 11.6 Å². The van der Waals surface area contributed by atoms with E-state index in [1.165, 1.54) is 6.07 Å². The molecule has 0 fully saturated rings. The van der Waals surface area contributed by atoms with Crippen molar-refractivity contribution in [1.29, 1.82) is 0 Å². The van der Waals surface area contributed by atoms with E-state index in [4.69, 9.17) is 5.73 Å². The number of rotatable bonds is 4. The maximum absolute atomic E-state index is 13.5. The Morgan fingerprint density at radius 2 is 1.56 bits per heavy atom. The van der Waals surface area contributed by atoms with Crippen molar-refractivity contribution in [1.82, 2.24) is 4.98 Å². The van der Waals surface area contributed by atoms with E-state index in [9.17, 15) is 13.6 Å². The summed E-state index contributed by atoms with van der Waals surface area (Å²) in [6, 6.07) is 15.1. The van der Waals surface area contributed by atoms with Crippen LogP contribution in [0.4, 0.5) is 14.5 Å². The van der Waals surface area contributed by atoms with E-state index in [-0.39, 0.29) is 12.3 Å². The van der Waals surface area contributed by atoms with Gasteiger partial charge in [0.2, 0.25) is 5.91 Å². The molecule has 0 bridgehead atoms. The molecule has 1 heterocycles. The lowest BCUT2D eigenvalue weighted by Gasteiger charge is -2.06. The number of halogens is 2. The number of H-pyrrole nitrogens is 1. The fourth-order valence-corrected chi connectivity index (χ4v) is 3.17. The molecule has 0 saturated carbocycles. The van der Waals surface area contributed by atoms with Gasteiger partial charge in [0.25, 0.3) is 0 Å². The standard InChI is InChI=1S/C21H17F2N3O/c22-17-9-16-15-6-3-13(7-19(15)26-20(16)10-18(17)23)8-21(27)25-14-4-1-12(11-24)2-5-14/h1-7,9-10,26H,8,11,24H2,(H,25,27). The Morgan fingerprint density at radius 1 is 0.889 bits per heavy atom. The van der Waals surface area contributed by atoms with E-state index in [0.29, 0.717) is 23.1 Å². The summed E-state index contributed by atoms with van der Waals surface area (Å²) in [6.07, 6.45) is 0.187. The lowest BCUT2D eigenvalue weighted by molar-refractivity contribution is -0.115. The van der Waals surface area contributed by atoms with Crippen LogP contribution < -0.4 is 11.1 Å². The molecule has 136 valence electrons. The topological polar surface area (TPSA) is 70.9 Å². The number of aromatic amines is 1. The minimum Gasteiger partial charge on any atom is -0.354 e. The summed E-state index contributed by atoms with van der Waals surface area (Å²) in [4.78, 5) is 15.4. The number of amides is 1. The van der Waals surface area contributed by atoms with Crippen LogP contribution in [0.3, 0.4) is 0 Å². The minimum absolute atomic E-state index is 0.150. The molecular weight excluding hydrogens is 348 g/mol. The molecule has 4 N–H and O–H groups in total. The molecule has 4 nitrogen and oxygen atoms in total. The number of hydrogen-bond donors (Lipinski definition) is 3. The van der Waals surface area contributed by atoms with E-state index in [2.05, 4.69) is 10.3 Å². The average Bonchev–Trinajstić information content (AvgIpc) is 2.99. The molecule has 1 aromatic heterocycles. The zero-order chi connectivity index (χ0) is 19.0. The zero-order valence-electron chi connectivity index (χ0n) is 14.4. The van der Waals surface area contributed by atoms with Gasteiger partial charge in [0, 0.05) is 40.1 Å². The van der Waals surface area contributed by atoms with E-state index in [1.807, 2.05) is 42.5 Å². The smallest absolute Gasteiger partial charge is 0.228 e. The van der Waals surface area contributed by atoms with Crippen LogP contribution in [0, 0.1) is 11.6 Å². The fraction of sp³-hybridized carbons (Fsp3) is 0.0952. The van der Waals surface area contributed by atoms with E-state index in [0.717, 1.165) is 28.1 Å². The molecule has 0 aliphatic carbocycles. The molecule has 27 heavy (non-hydrogen) atoms. The van der Waals surface area contributed by atoms with Gasteiger partial charge in [0.05, 0.1) is 6.42 Å². The number of hydrogen-bond acceptors (Lipinski definition) is 2. The monoisotopic (exact) mass is 365 g/mol. The van der Waals surface area contributed by atoms with Crippen LogP contribution in [0.1, 0.15) is 11.1 Å². The van der Waals surface area contributed by atoms with Gasteiger partial charge >= 0.3 is 0 Å². The van der Waals surface area contributed by atoms with E-state index >= 15 is 0 Å². The SMILES string of the molecule is NCc1ccc(NC(=O)Cc2ccc3c(c2)[nH]c2cc(F)c(F)cc23)cc1. The summed E-state index contributed by atoms with van der Waals surface area (Å²) in [5.74, 6) is -1.93. The van der Waals surface area contributed by atoms with Gasteiger partial charge in [-0.25, -0.2) is 8.78 Å². The molecule has 0 aliphatic heterocycles. The molecule has 3 aromatic carbocycles. The second-order valence-corrected chi connectivity index (χ2v) is 6.44. The number of nitrogens with one attached hydrogen (secondary N) is 2. The van der Waals surface area contributed by atoms with Gasteiger partial charge in [-0.05, 0) is 35.4 Å². The summed E-state index contributed by atoms with van der Waals surface area (Å²) in [5, 5.41) is 4.24. The van der Waals surface area contributed by atoms with Gasteiger partial charge in [0.1, 0.15) is 0 Å². The highest BCUT2D eigenvalue weighted by atomic mass is 19.2. The molecule has 0 atom stereocenters. The Balaban J connectivity index is 1.56. The summed E-state index contributed by atoms with van der Waals surface area (Å²) in [6.45, 7) is 0.451. The van der Waals surface area contributed by atoms with Crippen LogP contribution in [0.25, 0.3) is 21.8 Å². The van der Waals surface area contributed by atoms with Gasteiger partial charge in [-0.3, -0.25) is 4.79 Å². The van der Waals surface area contributed by atoms with Crippen LogP contribution in [0.2, 0.25) is 0 Å². The third-order valence-corrected chi connectivity index (χ3v) is 4.54. The molecule has 4 rings (SSSR count). The average molecular weight is 365 g/mol. The summed E-state index contributed by atoms with van der Waals surface area (Å²) in [7, 11) is 0. The first kappa shape index (κ1) is 17.2. The van der Waals surface area contributed by atoms with Crippen LogP contribution in [0.15, 0.2) is 54.6 Å². The molecule has 0 unspecified atom stereocenters. The van der Waals surface area contributed by atoms with Crippen LogP contribution in [0.5, 0.6) is 0 Å². The van der Waals surface area contributed by atoms with Gasteiger partial charge in [-0.15, -0.1) is 0 Å². The first-order valence-electron chi connectivity index (χ1n) is 8.52. The Bertz CT molecular complexity index is 1150. The first-order valence-corrected chi connectivity index (χ1v) is 8.52. The van der Waals surface area contributed by atoms with Crippen LogP contribution in [-0.2, 0) is 17.8 Å². The Kier molecular flexibility index (Phi) is 4.33. The lowest BCUT2D eigenvalue weighted by Crippen LogP contribution is -2.14. The van der Waals surface area contributed by atoms with Crippen LogP contribution >= 0.6 is 0 Å². The highest BCUT2D eigenvalue weighted by Crippen LogP contribution is 2.28. The highest BCUT2D eigenvalue weighted by molar-refractivity contribution is 6.07. The third-order valence-electron chi connectivity index (χ3n) is 4.54. The molecule has 1 amide bonds. The zero-order valence-corrected chi connectivity index (χ0v) is 14.4. The molecular formula is C21H17F2N3O. The van der Waals surface area contributed by atoms with Crippen molar-refractivity contribution >= 4 is 33.4 Å². The van der Waals surface area contributed by atoms with Gasteiger partial charge < -0.3 is 16.0 Å². The lowest BCUT2D eigenvalue weighted by atomic mass is 10.1. The molecule has 6 heteroatoms. The normalized spacial score (nSPS) is 11.2. The number of fused-ring (bicyclic) bond motifs is 3. The van der Waals surface area contributed by atoms with E-state index < -0.39 is 11.6 Å². The summed E-state index contributed by atoms with van der Waals surface area (Å²) >= 11 is 0. The molecule has 4 aromatic rings. The van der Waals surface area contributed by atoms with Crippen molar-refractivity contribution in [2.75, 3.05) is 5.32 Å². The predicted molar refractivity (Wildman–Crippen MR) is 102 cm³/mol. The highest BCUT2D eigenvalue weighted by Gasteiger charge is 2.11.